The minimum absolute atomic E-state index is 0.00781. The first-order valence-corrected chi connectivity index (χ1v) is 14.2. The van der Waals surface area contributed by atoms with Crippen molar-refractivity contribution in [2.24, 2.45) is 10.9 Å². The van der Waals surface area contributed by atoms with Gasteiger partial charge in [-0.3, -0.25) is 14.6 Å². The second-order valence-electron chi connectivity index (χ2n) is 10.7. The summed E-state index contributed by atoms with van der Waals surface area (Å²) in [5.41, 5.74) is 6.27. The minimum atomic E-state index is -0.283. The first-order valence-electron chi connectivity index (χ1n) is 14.2. The average molecular weight is 549 g/mol. The number of aromatic nitrogens is 2. The fraction of sp³-hybridized carbons (Fsp3) is 0.294. The van der Waals surface area contributed by atoms with Gasteiger partial charge in [0.1, 0.15) is 6.10 Å². The fourth-order valence-corrected chi connectivity index (χ4v) is 5.50. The highest BCUT2D eigenvalue weighted by Crippen LogP contribution is 2.29. The second-order valence-corrected chi connectivity index (χ2v) is 10.7. The standard InChI is InChI=1S/C34H36N4O3/c1-23-10-7-8-13-27(23)20-30(35-3)21-28-14-9-19-38-32(28)31(22-36-38)33(39)37-29-17-15-26(16-18-29)34(40)41-24(2)25-11-5-4-6-12-25/h4-14,19-20,22,24,26,29H,3,15-18,21H2,1-2H3,(H,37,39)/b30-20-/t24-,26?,29?/m0/s1. The number of hydrogen-bond donors (Lipinski definition) is 1. The van der Waals surface area contributed by atoms with E-state index in [4.69, 9.17) is 4.74 Å². The number of aliphatic imine (C=N–C) groups is 1. The van der Waals surface area contributed by atoms with Gasteiger partial charge in [-0.2, -0.15) is 5.10 Å². The molecule has 0 saturated heterocycles. The Bertz CT molecular complexity index is 1570. The number of pyridine rings is 1. The summed E-state index contributed by atoms with van der Waals surface area (Å²) in [4.78, 5) is 30.5. The van der Waals surface area contributed by atoms with Crippen molar-refractivity contribution in [3.8, 4) is 0 Å². The van der Waals surface area contributed by atoms with Gasteiger partial charge in [0, 0.05) is 24.4 Å². The van der Waals surface area contributed by atoms with Crippen molar-refractivity contribution in [3.63, 3.8) is 0 Å². The predicted molar refractivity (Wildman–Crippen MR) is 162 cm³/mol. The first-order chi connectivity index (χ1) is 19.9. The highest BCUT2D eigenvalue weighted by molar-refractivity contribution is 6.01. The van der Waals surface area contributed by atoms with Crippen molar-refractivity contribution < 1.29 is 14.3 Å². The van der Waals surface area contributed by atoms with Crippen molar-refractivity contribution in [1.29, 1.82) is 0 Å². The van der Waals surface area contributed by atoms with Gasteiger partial charge < -0.3 is 10.1 Å². The van der Waals surface area contributed by atoms with Crippen LogP contribution in [0.2, 0.25) is 0 Å². The molecule has 1 saturated carbocycles. The summed E-state index contributed by atoms with van der Waals surface area (Å²) in [5.74, 6) is -0.473. The van der Waals surface area contributed by atoms with Crippen LogP contribution in [0.1, 0.15) is 71.3 Å². The van der Waals surface area contributed by atoms with Crippen LogP contribution in [-0.4, -0.2) is 34.2 Å². The van der Waals surface area contributed by atoms with E-state index in [2.05, 4.69) is 41.2 Å². The van der Waals surface area contributed by atoms with Gasteiger partial charge in [-0.15, -0.1) is 0 Å². The van der Waals surface area contributed by atoms with Crippen molar-refractivity contribution in [1.82, 2.24) is 14.9 Å². The number of fused-ring (bicyclic) bond motifs is 1. The molecule has 2 aromatic carbocycles. The molecule has 2 heterocycles. The molecule has 0 aliphatic heterocycles. The van der Waals surface area contributed by atoms with E-state index in [1.54, 1.807) is 10.7 Å². The summed E-state index contributed by atoms with van der Waals surface area (Å²) in [5, 5.41) is 7.63. The zero-order valence-corrected chi connectivity index (χ0v) is 23.6. The van der Waals surface area contributed by atoms with Crippen LogP contribution >= 0.6 is 0 Å². The molecule has 2 aromatic heterocycles. The van der Waals surface area contributed by atoms with E-state index in [0.717, 1.165) is 46.3 Å². The predicted octanol–water partition coefficient (Wildman–Crippen LogP) is 6.52. The number of aryl methyl sites for hydroxylation is 1. The van der Waals surface area contributed by atoms with E-state index in [9.17, 15) is 9.59 Å². The maximum Gasteiger partial charge on any atom is 0.309 e. The molecule has 0 bridgehead atoms. The third-order valence-corrected chi connectivity index (χ3v) is 7.91. The number of rotatable bonds is 9. The highest BCUT2D eigenvalue weighted by atomic mass is 16.5. The molecular formula is C34H36N4O3. The molecule has 5 rings (SSSR count). The molecule has 4 aromatic rings. The fourth-order valence-electron chi connectivity index (χ4n) is 5.50. The van der Waals surface area contributed by atoms with Crippen LogP contribution in [0, 0.1) is 12.8 Å². The van der Waals surface area contributed by atoms with E-state index in [-0.39, 0.29) is 29.9 Å². The Morgan fingerprint density at radius 1 is 1.07 bits per heavy atom. The Balaban J connectivity index is 1.23. The number of esters is 1. The van der Waals surface area contributed by atoms with Gasteiger partial charge in [0.05, 0.1) is 23.2 Å². The quantitative estimate of drug-likeness (QED) is 0.191. The van der Waals surface area contributed by atoms with Crippen molar-refractivity contribution in [2.75, 3.05) is 0 Å². The molecule has 7 nitrogen and oxygen atoms in total. The smallest absolute Gasteiger partial charge is 0.309 e. The van der Waals surface area contributed by atoms with Gasteiger partial charge in [0.15, 0.2) is 0 Å². The zero-order valence-electron chi connectivity index (χ0n) is 23.6. The van der Waals surface area contributed by atoms with Gasteiger partial charge in [0.2, 0.25) is 0 Å². The summed E-state index contributed by atoms with van der Waals surface area (Å²) in [7, 11) is 0. The topological polar surface area (TPSA) is 85.1 Å². The molecule has 1 amide bonds. The van der Waals surface area contributed by atoms with Gasteiger partial charge in [0.25, 0.3) is 5.91 Å². The summed E-state index contributed by atoms with van der Waals surface area (Å²) in [6, 6.07) is 21.8. The molecule has 0 spiro atoms. The van der Waals surface area contributed by atoms with Crippen LogP contribution in [0.4, 0.5) is 0 Å². The molecule has 0 unspecified atom stereocenters. The minimum Gasteiger partial charge on any atom is -0.458 e. The molecular weight excluding hydrogens is 512 g/mol. The molecule has 1 aliphatic carbocycles. The van der Waals surface area contributed by atoms with E-state index < -0.39 is 0 Å². The summed E-state index contributed by atoms with van der Waals surface area (Å²) in [6.07, 6.45) is 8.54. The number of carbonyl (C=O) groups is 2. The Kier molecular flexibility index (Phi) is 8.73. The van der Waals surface area contributed by atoms with Crippen LogP contribution in [-0.2, 0) is 16.0 Å². The van der Waals surface area contributed by atoms with Gasteiger partial charge in [-0.25, -0.2) is 4.52 Å². The number of amides is 1. The Hall–Kier alpha value is -4.52. The molecule has 1 fully saturated rings. The molecule has 1 N–H and O–H groups in total. The van der Waals surface area contributed by atoms with E-state index >= 15 is 0 Å². The van der Waals surface area contributed by atoms with Crippen LogP contribution in [0.5, 0.6) is 0 Å². The van der Waals surface area contributed by atoms with Crippen molar-refractivity contribution in [3.05, 3.63) is 113 Å². The largest absolute Gasteiger partial charge is 0.458 e. The van der Waals surface area contributed by atoms with E-state index in [0.29, 0.717) is 24.8 Å². The maximum atomic E-state index is 13.4. The normalized spacial score (nSPS) is 18.0. The van der Waals surface area contributed by atoms with Crippen molar-refractivity contribution in [2.45, 2.75) is 58.1 Å². The maximum absolute atomic E-state index is 13.4. The molecule has 210 valence electrons. The van der Waals surface area contributed by atoms with Crippen molar-refractivity contribution >= 4 is 30.2 Å². The number of nitrogens with zero attached hydrogens (tertiary/aromatic N) is 3. The van der Waals surface area contributed by atoms with Crippen LogP contribution in [0.15, 0.2) is 89.8 Å². The number of allylic oxidation sites excluding steroid dienone is 1. The van der Waals surface area contributed by atoms with E-state index in [1.165, 1.54) is 0 Å². The lowest BCUT2D eigenvalue weighted by molar-refractivity contribution is -0.154. The summed E-state index contributed by atoms with van der Waals surface area (Å²) in [6.45, 7) is 7.74. The number of nitrogens with one attached hydrogen (secondary N) is 1. The lowest BCUT2D eigenvalue weighted by atomic mass is 9.86. The lowest BCUT2D eigenvalue weighted by Crippen LogP contribution is -2.39. The van der Waals surface area contributed by atoms with E-state index in [1.807, 2.05) is 73.8 Å². The third-order valence-electron chi connectivity index (χ3n) is 7.91. The Labute approximate surface area is 241 Å². The molecule has 7 heteroatoms. The molecule has 0 radical (unpaired) electrons. The molecule has 1 atom stereocenters. The lowest BCUT2D eigenvalue weighted by Gasteiger charge is -2.28. The summed E-state index contributed by atoms with van der Waals surface area (Å²) >= 11 is 0. The number of carbonyl (C=O) groups excluding carboxylic acids is 2. The molecule has 41 heavy (non-hydrogen) atoms. The van der Waals surface area contributed by atoms with Crippen LogP contribution in [0.25, 0.3) is 11.6 Å². The monoisotopic (exact) mass is 548 g/mol. The Morgan fingerprint density at radius 2 is 1.80 bits per heavy atom. The third kappa shape index (κ3) is 6.62. The highest BCUT2D eigenvalue weighted by Gasteiger charge is 2.30. The Morgan fingerprint density at radius 3 is 2.54 bits per heavy atom. The van der Waals surface area contributed by atoms with Crippen LogP contribution in [0.3, 0.4) is 0 Å². The summed E-state index contributed by atoms with van der Waals surface area (Å²) < 4.78 is 7.48. The van der Waals surface area contributed by atoms with Gasteiger partial charge >= 0.3 is 5.97 Å². The number of ether oxygens (including phenoxy) is 1. The average Bonchev–Trinajstić information content (AvgIpc) is 3.44. The first kappa shape index (κ1) is 28.0. The SMILES string of the molecule is C=N/C(=C\c1ccccc1C)Cc1cccn2ncc(C(=O)NC3CCC(C(=O)O[C@@H](C)c4ccccc4)CC3)c12. The second kappa shape index (κ2) is 12.8. The molecule has 1 aliphatic rings. The number of hydrogen-bond acceptors (Lipinski definition) is 5. The van der Waals surface area contributed by atoms with Gasteiger partial charge in [-0.1, -0.05) is 60.7 Å². The number of benzene rings is 2. The zero-order chi connectivity index (χ0) is 28.8. The van der Waals surface area contributed by atoms with Gasteiger partial charge in [-0.05, 0) is 80.6 Å². The van der Waals surface area contributed by atoms with Crippen LogP contribution < -0.4 is 5.32 Å².